The van der Waals surface area contributed by atoms with Crippen LogP contribution in [-0.2, 0) is 0 Å². The molecule has 0 saturated heterocycles. The number of anilines is 1. The van der Waals surface area contributed by atoms with Crippen molar-refractivity contribution in [2.45, 2.75) is 33.2 Å². The lowest BCUT2D eigenvalue weighted by Crippen LogP contribution is -2.44. The van der Waals surface area contributed by atoms with Gasteiger partial charge in [0.25, 0.3) is 5.91 Å². The van der Waals surface area contributed by atoms with Gasteiger partial charge in [-0.2, -0.15) is 5.10 Å². The Bertz CT molecular complexity index is 982. The highest BCUT2D eigenvalue weighted by atomic mass is 127. The minimum atomic E-state index is -0.251. The maximum absolute atomic E-state index is 12.2. The van der Waals surface area contributed by atoms with Crippen molar-refractivity contribution < 1.29 is 4.79 Å². The number of amides is 1. The number of likely N-dealkylation sites (N-methyl/N-ethyl adjacent to an activating group) is 1. The average Bonchev–Trinajstić information content (AvgIpc) is 2.62. The molecule has 1 amide bonds. The summed E-state index contributed by atoms with van der Waals surface area (Å²) in [5, 5.41) is 4.71. The standard InChI is InChI=1S/C22H23ClIN3O/c1-5-27-20-11-19(23)16(10-18(20)14(2)12-22(27,3)4)13-25-26-21(28)15-7-6-8-17(24)9-15/h6-13H,5H2,1-4H3,(H,26,28)/b25-13-. The average molecular weight is 508 g/mol. The number of carbonyl (C=O) groups excluding carboxylic acids is 1. The summed E-state index contributed by atoms with van der Waals surface area (Å²) in [5.74, 6) is -0.251. The Morgan fingerprint density at radius 3 is 2.75 bits per heavy atom. The molecule has 3 rings (SSSR count). The van der Waals surface area contributed by atoms with Crippen molar-refractivity contribution in [1.29, 1.82) is 0 Å². The predicted octanol–water partition coefficient (Wildman–Crippen LogP) is 5.73. The number of fused-ring (bicyclic) bond motifs is 1. The molecule has 0 radical (unpaired) electrons. The molecule has 4 nitrogen and oxygen atoms in total. The highest BCUT2D eigenvalue weighted by Crippen LogP contribution is 2.40. The Morgan fingerprint density at radius 1 is 1.32 bits per heavy atom. The molecule has 0 spiro atoms. The van der Waals surface area contributed by atoms with E-state index in [4.69, 9.17) is 11.6 Å². The van der Waals surface area contributed by atoms with Gasteiger partial charge in [-0.05, 0) is 86.2 Å². The molecule has 0 fully saturated rings. The SMILES string of the molecule is CCN1c2cc(Cl)c(/C=N\NC(=O)c3cccc(I)c3)cc2C(C)=CC1(C)C. The molecule has 0 aliphatic carbocycles. The van der Waals surface area contributed by atoms with Gasteiger partial charge in [-0.25, -0.2) is 5.43 Å². The Morgan fingerprint density at radius 2 is 2.07 bits per heavy atom. The number of hydrogen-bond donors (Lipinski definition) is 1. The first-order chi connectivity index (χ1) is 13.2. The lowest BCUT2D eigenvalue weighted by molar-refractivity contribution is 0.0955. The molecule has 0 unspecified atom stereocenters. The zero-order valence-corrected chi connectivity index (χ0v) is 19.3. The van der Waals surface area contributed by atoms with E-state index in [1.54, 1.807) is 12.3 Å². The Hall–Kier alpha value is -1.86. The molecule has 28 heavy (non-hydrogen) atoms. The van der Waals surface area contributed by atoms with Gasteiger partial charge in [0.2, 0.25) is 0 Å². The van der Waals surface area contributed by atoms with Crippen molar-refractivity contribution in [3.63, 3.8) is 0 Å². The molecule has 146 valence electrons. The number of nitrogens with one attached hydrogen (secondary N) is 1. The van der Waals surface area contributed by atoms with E-state index in [0.717, 1.165) is 26.9 Å². The van der Waals surface area contributed by atoms with Gasteiger partial charge in [0, 0.05) is 32.5 Å². The fraction of sp³-hybridized carbons (Fsp3) is 0.273. The van der Waals surface area contributed by atoms with E-state index in [-0.39, 0.29) is 11.4 Å². The van der Waals surface area contributed by atoms with E-state index in [9.17, 15) is 4.79 Å². The van der Waals surface area contributed by atoms with Crippen molar-refractivity contribution in [3.05, 3.63) is 67.8 Å². The van der Waals surface area contributed by atoms with Crippen LogP contribution in [0.25, 0.3) is 5.57 Å². The number of hydrogen-bond acceptors (Lipinski definition) is 3. The molecule has 0 saturated carbocycles. The molecular formula is C22H23ClIN3O. The van der Waals surface area contributed by atoms with Crippen LogP contribution in [-0.4, -0.2) is 24.2 Å². The van der Waals surface area contributed by atoms with Crippen LogP contribution >= 0.6 is 34.2 Å². The normalized spacial score (nSPS) is 15.4. The van der Waals surface area contributed by atoms with Crippen molar-refractivity contribution in [2.75, 3.05) is 11.4 Å². The monoisotopic (exact) mass is 507 g/mol. The molecule has 2 aromatic rings. The topological polar surface area (TPSA) is 44.7 Å². The smallest absolute Gasteiger partial charge is 0.271 e. The van der Waals surface area contributed by atoms with E-state index in [2.05, 4.69) is 71.8 Å². The van der Waals surface area contributed by atoms with Crippen molar-refractivity contribution >= 4 is 57.6 Å². The molecule has 6 heteroatoms. The number of allylic oxidation sites excluding steroid dienone is 1. The van der Waals surface area contributed by atoms with Crippen molar-refractivity contribution in [3.8, 4) is 0 Å². The van der Waals surface area contributed by atoms with Gasteiger partial charge >= 0.3 is 0 Å². The van der Waals surface area contributed by atoms with E-state index in [1.165, 1.54) is 5.57 Å². The summed E-state index contributed by atoms with van der Waals surface area (Å²) in [7, 11) is 0. The molecule has 0 bridgehead atoms. The van der Waals surface area contributed by atoms with Gasteiger partial charge in [0.1, 0.15) is 0 Å². The second-order valence-corrected chi connectivity index (χ2v) is 8.98. The first-order valence-corrected chi connectivity index (χ1v) is 10.6. The lowest BCUT2D eigenvalue weighted by atomic mass is 9.88. The lowest BCUT2D eigenvalue weighted by Gasteiger charge is -2.43. The largest absolute Gasteiger partial charge is 0.363 e. The van der Waals surface area contributed by atoms with Crippen molar-refractivity contribution in [2.24, 2.45) is 5.10 Å². The molecule has 0 aromatic heterocycles. The fourth-order valence-corrected chi connectivity index (χ4v) is 4.40. The molecule has 2 aromatic carbocycles. The maximum atomic E-state index is 12.2. The highest BCUT2D eigenvalue weighted by molar-refractivity contribution is 14.1. The first kappa shape index (κ1) is 20.9. The summed E-state index contributed by atoms with van der Waals surface area (Å²) < 4.78 is 0.998. The Kier molecular flexibility index (Phi) is 6.15. The van der Waals surface area contributed by atoms with Gasteiger partial charge < -0.3 is 4.90 Å². The second-order valence-electron chi connectivity index (χ2n) is 7.33. The van der Waals surface area contributed by atoms with Gasteiger partial charge in [-0.1, -0.05) is 23.7 Å². The third-order valence-corrected chi connectivity index (χ3v) is 5.87. The van der Waals surface area contributed by atoms with E-state index >= 15 is 0 Å². The zero-order valence-electron chi connectivity index (χ0n) is 16.4. The fourth-order valence-electron chi connectivity index (χ4n) is 3.65. The van der Waals surface area contributed by atoms with Gasteiger partial charge in [-0.15, -0.1) is 0 Å². The van der Waals surface area contributed by atoms with Gasteiger partial charge in [-0.3, -0.25) is 4.79 Å². The van der Waals surface area contributed by atoms with E-state index in [0.29, 0.717) is 10.6 Å². The second kappa shape index (κ2) is 8.25. The summed E-state index contributed by atoms with van der Waals surface area (Å²) in [6, 6.07) is 11.4. The van der Waals surface area contributed by atoms with Crippen molar-refractivity contribution in [1.82, 2.24) is 5.43 Å². The maximum Gasteiger partial charge on any atom is 0.271 e. The quantitative estimate of drug-likeness (QED) is 0.326. The molecule has 1 aliphatic rings. The minimum absolute atomic E-state index is 0.0636. The number of hydrazone groups is 1. The minimum Gasteiger partial charge on any atom is -0.363 e. The summed E-state index contributed by atoms with van der Waals surface area (Å²) in [4.78, 5) is 14.6. The number of halogens is 2. The van der Waals surface area contributed by atoms with Crippen LogP contribution in [0.2, 0.25) is 5.02 Å². The Labute approximate surface area is 184 Å². The summed E-state index contributed by atoms with van der Waals surface area (Å²) in [6.45, 7) is 9.54. The molecule has 0 atom stereocenters. The highest BCUT2D eigenvalue weighted by Gasteiger charge is 2.30. The molecule has 1 N–H and O–H groups in total. The first-order valence-electron chi connectivity index (χ1n) is 9.13. The molecular weight excluding hydrogens is 485 g/mol. The van der Waals surface area contributed by atoms with Crippen LogP contribution in [0.4, 0.5) is 5.69 Å². The zero-order chi connectivity index (χ0) is 20.5. The third kappa shape index (κ3) is 4.25. The van der Waals surface area contributed by atoms with Crippen LogP contribution < -0.4 is 10.3 Å². The van der Waals surface area contributed by atoms with Gasteiger partial charge in [0.15, 0.2) is 0 Å². The van der Waals surface area contributed by atoms with Crippen LogP contribution in [0.1, 0.15) is 49.2 Å². The van der Waals surface area contributed by atoms with Crippen LogP contribution in [0.5, 0.6) is 0 Å². The van der Waals surface area contributed by atoms with E-state index < -0.39 is 0 Å². The van der Waals surface area contributed by atoms with E-state index in [1.807, 2.05) is 30.3 Å². The van der Waals surface area contributed by atoms with Crippen LogP contribution in [0.15, 0.2) is 47.6 Å². The predicted molar refractivity (Wildman–Crippen MR) is 126 cm³/mol. The number of benzene rings is 2. The molecule has 1 heterocycles. The summed E-state index contributed by atoms with van der Waals surface area (Å²) in [5.41, 5.74) is 7.31. The van der Waals surface area contributed by atoms with Crippen LogP contribution in [0, 0.1) is 3.57 Å². The molecule has 1 aliphatic heterocycles. The number of nitrogens with zero attached hydrogens (tertiary/aromatic N) is 2. The Balaban J connectivity index is 1.85. The summed E-state index contributed by atoms with van der Waals surface area (Å²) >= 11 is 8.70. The van der Waals surface area contributed by atoms with Gasteiger partial charge in [0.05, 0.1) is 16.8 Å². The number of rotatable bonds is 4. The number of carbonyl (C=O) groups is 1. The summed E-state index contributed by atoms with van der Waals surface area (Å²) in [6.07, 6.45) is 3.87. The third-order valence-electron chi connectivity index (χ3n) is 4.87. The van der Waals surface area contributed by atoms with Crippen LogP contribution in [0.3, 0.4) is 0 Å².